The number of aliphatic carboxylic acids is 1. The maximum absolute atomic E-state index is 14.3. The van der Waals surface area contributed by atoms with E-state index in [4.69, 9.17) is 61.8 Å². The number of ether oxygens (including phenoxy) is 12. The molecule has 36 heteroatoms. The summed E-state index contributed by atoms with van der Waals surface area (Å²) in [5.41, 5.74) is 0.840. The normalized spacial score (nSPS) is 18.5. The van der Waals surface area contributed by atoms with Gasteiger partial charge in [0.05, 0.1) is 134 Å². The van der Waals surface area contributed by atoms with E-state index >= 15 is 0 Å². The van der Waals surface area contributed by atoms with E-state index in [0.29, 0.717) is 108 Å². The zero-order valence-corrected chi connectivity index (χ0v) is 64.8. The van der Waals surface area contributed by atoms with Crippen LogP contribution < -0.4 is 42.2 Å². The number of cyclic esters (lactones) is 1. The molecule has 0 saturated carbocycles. The lowest BCUT2D eigenvalue weighted by Crippen LogP contribution is -2.61. The van der Waals surface area contributed by atoms with Crippen molar-refractivity contribution < 1.29 is 126 Å². The molecule has 2 aromatic carbocycles. The highest BCUT2D eigenvalue weighted by Crippen LogP contribution is 2.41. The maximum Gasteiger partial charge on any atom is 0.410 e. The van der Waals surface area contributed by atoms with E-state index < -0.39 is 120 Å². The number of esters is 1. The molecule has 0 aliphatic carbocycles. The molecule has 0 spiro atoms. The molecule has 2 aromatic heterocycles. The Morgan fingerprint density at radius 3 is 1.91 bits per heavy atom. The molecule has 112 heavy (non-hydrogen) atoms. The summed E-state index contributed by atoms with van der Waals surface area (Å²) in [5.74, 6) is -7.13. The maximum atomic E-state index is 14.3. The predicted molar refractivity (Wildman–Crippen MR) is 399 cm³/mol. The van der Waals surface area contributed by atoms with Crippen molar-refractivity contribution in [2.45, 2.75) is 173 Å². The molecule has 4 aromatic rings. The highest BCUT2D eigenvalue weighted by Gasteiger charge is 2.49. The van der Waals surface area contributed by atoms with Crippen molar-refractivity contribution in [2.75, 3.05) is 132 Å². The number of aliphatic hydroxyl groups excluding tert-OH is 3. The summed E-state index contributed by atoms with van der Waals surface area (Å²) in [6.45, 7) is 14.7. The van der Waals surface area contributed by atoms with Crippen LogP contribution in [0.1, 0.15) is 114 Å². The number of pyridine rings is 2. The van der Waals surface area contributed by atoms with Crippen molar-refractivity contribution in [1.82, 2.24) is 41.0 Å². The Balaban J connectivity index is 0.949. The number of carboxylic acids is 1. The Morgan fingerprint density at radius 2 is 1.31 bits per heavy atom. The van der Waals surface area contributed by atoms with Crippen LogP contribution in [0, 0.1) is 5.92 Å². The van der Waals surface area contributed by atoms with Gasteiger partial charge in [-0.2, -0.15) is 0 Å². The minimum atomic E-state index is -2.10. The first kappa shape index (κ1) is 90.3. The second-order valence-electron chi connectivity index (χ2n) is 27.4. The number of aromatic nitrogens is 2. The van der Waals surface area contributed by atoms with E-state index in [1.54, 1.807) is 47.8 Å². The Morgan fingerprint density at radius 1 is 0.696 bits per heavy atom. The van der Waals surface area contributed by atoms with Crippen molar-refractivity contribution >= 4 is 70.1 Å². The number of para-hydroxylation sites is 1. The molecule has 1 fully saturated rings. The molecule has 36 nitrogen and oxygen atoms in total. The van der Waals surface area contributed by atoms with Crippen LogP contribution in [0.25, 0.3) is 22.3 Å². The lowest BCUT2D eigenvalue weighted by molar-refractivity contribution is -0.271. The van der Waals surface area contributed by atoms with E-state index in [1.807, 2.05) is 24.3 Å². The van der Waals surface area contributed by atoms with Gasteiger partial charge in [-0.15, -0.1) is 0 Å². The van der Waals surface area contributed by atoms with Crippen LogP contribution >= 0.6 is 0 Å². The second kappa shape index (κ2) is 45.7. The van der Waals surface area contributed by atoms with Crippen molar-refractivity contribution in [3.8, 4) is 17.1 Å². The van der Waals surface area contributed by atoms with Gasteiger partial charge in [-0.25, -0.2) is 19.4 Å². The van der Waals surface area contributed by atoms with Crippen molar-refractivity contribution in [3.05, 3.63) is 86.7 Å². The van der Waals surface area contributed by atoms with Crippen LogP contribution in [-0.4, -0.2) is 275 Å². The van der Waals surface area contributed by atoms with Crippen LogP contribution in [0.2, 0.25) is 0 Å². The number of carbonyl (C=O) groups excluding carboxylic acids is 8. The number of carbonyl (C=O) groups is 9. The number of unbranched alkanes of at least 4 members (excludes halogenated alkanes) is 1. The zero-order valence-electron chi connectivity index (χ0n) is 64.8. The molecule has 11 N–H and O–H groups in total. The fourth-order valence-corrected chi connectivity index (χ4v) is 12.4. The van der Waals surface area contributed by atoms with Gasteiger partial charge < -0.3 is 124 Å². The Kier molecular flexibility index (Phi) is 36.9. The van der Waals surface area contributed by atoms with E-state index in [0.717, 1.165) is 10.9 Å². The number of hydrogen-bond acceptors (Lipinski definition) is 27. The van der Waals surface area contributed by atoms with Crippen LogP contribution in [0.4, 0.5) is 10.5 Å². The Bertz CT molecular complexity index is 3860. The molecule has 7 amide bonds. The molecular formula is C76H109N9O27. The van der Waals surface area contributed by atoms with E-state index in [2.05, 4.69) is 31.9 Å². The Labute approximate surface area is 648 Å². The third kappa shape index (κ3) is 26.1. The monoisotopic (exact) mass is 1580 g/mol. The third-order valence-electron chi connectivity index (χ3n) is 18.8. The predicted octanol–water partition coefficient (Wildman–Crippen LogP) is 0.974. The number of methoxy groups -OCH3 is 1. The van der Waals surface area contributed by atoms with Gasteiger partial charge in [0.25, 0.3) is 5.56 Å². The fourth-order valence-electron chi connectivity index (χ4n) is 12.4. The molecule has 3 aliphatic rings. The molecule has 0 radical (unpaired) electrons. The van der Waals surface area contributed by atoms with Gasteiger partial charge in [0.2, 0.25) is 41.7 Å². The lowest BCUT2D eigenvalue weighted by Gasteiger charge is -2.38. The molecule has 5 heterocycles. The third-order valence-corrected chi connectivity index (χ3v) is 18.8. The fraction of sp³-hybridized carbons (Fsp3) is 0.618. The van der Waals surface area contributed by atoms with Crippen LogP contribution in [0.5, 0.6) is 5.75 Å². The average molecular weight is 1580 g/mol. The van der Waals surface area contributed by atoms with Gasteiger partial charge in [-0.3, -0.25) is 33.6 Å². The molecule has 7 rings (SSSR count). The first-order valence-corrected chi connectivity index (χ1v) is 37.7. The topological polar surface area (TPSA) is 476 Å². The summed E-state index contributed by atoms with van der Waals surface area (Å²) in [6.07, 6.45) is -10.4. The number of fused-ring (bicyclic) bond motifs is 5. The number of nitrogens with zero attached hydrogens (tertiary/aromatic N) is 3. The van der Waals surface area contributed by atoms with E-state index in [9.17, 15) is 73.5 Å². The summed E-state index contributed by atoms with van der Waals surface area (Å²) in [6, 6.07) is 8.69. The van der Waals surface area contributed by atoms with Gasteiger partial charge in [-0.1, -0.05) is 45.0 Å². The molecule has 1 saturated heterocycles. The molecule has 0 unspecified atom stereocenters. The first-order valence-electron chi connectivity index (χ1n) is 37.7. The summed E-state index contributed by atoms with van der Waals surface area (Å²) < 4.78 is 67.5. The minimum absolute atomic E-state index is 0.00800. The smallest absolute Gasteiger partial charge is 0.410 e. The van der Waals surface area contributed by atoms with Crippen LogP contribution in [-0.2, 0) is 122 Å². The number of hydrogen-bond donors (Lipinski definition) is 11. The standard InChI is InChI=1S/C76H109N9O27/c1-9-76(100)53-41-57-63-51(42-85(57)71(95)52(53)44-109-74(76)98)49(50-14-10-11-15-54(50)81-63)21-24-84(46(4)5)75(99)110-43-48-17-18-55(58(40-48)111-73-66(91)64(89)65(90)67(112-73)72(96)97)82-68(92)47(6)79-70(94)62(45(2)3)83-69(93)56(16-12-13-23-78-60(87)20-19-59(86)77-7)80-61(88)22-25-102-28-29-104-32-33-106-36-37-108-39-38-107-35-34-105-31-30-103-27-26-101-8/h10-11,14-15,17-18,40-41,45-47,56,62,64-67,73,89-91,100H,9,12-13,16,19-39,42-44H2,1-8H3,(H,77,86)(H,78,87)(H,79,94)(H,80,88)(H,82,92)(H,83,93)(H,96,97)/t47-,56-,62-,64-,65-,66+,67-,73+,76-/m0/s1. The molecule has 0 bridgehead atoms. The van der Waals surface area contributed by atoms with Gasteiger partial charge in [0.15, 0.2) is 11.7 Å². The van der Waals surface area contributed by atoms with E-state index in [1.165, 1.54) is 41.6 Å². The van der Waals surface area contributed by atoms with Crippen LogP contribution in [0.3, 0.4) is 0 Å². The SMILES string of the molecule is CC[C@@]1(O)C(=O)OCc2c1cc1n(c2=O)Cc2c-1nc1ccccc1c2CCN(C(=O)OCc1ccc(NC(=O)[C@H](C)NC(=O)[C@@H](NC(=O)[C@H](CCCCNC(=O)CCC(=O)NC)NC(=O)CCOCCOCCOCCOCCOCCOCCOCCOC)C(C)C)c(O[C@@H]2O[C@H](C(=O)O)[C@@H](O)[C@H](O)[C@H]2O)c1)C(C)C. The molecule has 620 valence electrons. The second-order valence-corrected chi connectivity index (χ2v) is 27.4. The zero-order chi connectivity index (χ0) is 81.4. The first-order chi connectivity index (χ1) is 53.7. The average Bonchev–Trinajstić information content (AvgIpc) is 1.57. The number of nitrogens with one attached hydrogen (secondary N) is 6. The highest BCUT2D eigenvalue weighted by molar-refractivity contribution is 6.00. The number of aliphatic hydroxyl groups is 4. The summed E-state index contributed by atoms with van der Waals surface area (Å²) in [7, 11) is 3.07. The lowest BCUT2D eigenvalue weighted by atomic mass is 9.86. The molecular weight excluding hydrogens is 1470 g/mol. The molecule has 3 aliphatic heterocycles. The number of anilines is 1. The van der Waals surface area contributed by atoms with Crippen molar-refractivity contribution in [3.63, 3.8) is 0 Å². The largest absolute Gasteiger partial charge is 0.479 e. The van der Waals surface area contributed by atoms with Gasteiger partial charge >= 0.3 is 18.0 Å². The van der Waals surface area contributed by atoms with E-state index in [-0.39, 0.29) is 131 Å². The summed E-state index contributed by atoms with van der Waals surface area (Å²) in [5, 5.41) is 70.3. The number of amides is 7. The quantitative estimate of drug-likeness (QED) is 0.0191. The number of benzene rings is 2. The molecule has 9 atom stereocenters. The summed E-state index contributed by atoms with van der Waals surface area (Å²) >= 11 is 0. The van der Waals surface area contributed by atoms with Crippen molar-refractivity contribution in [1.29, 1.82) is 0 Å². The van der Waals surface area contributed by atoms with Crippen LogP contribution in [0.15, 0.2) is 53.3 Å². The minimum Gasteiger partial charge on any atom is -0.479 e. The summed E-state index contributed by atoms with van der Waals surface area (Å²) in [4.78, 5) is 140. The van der Waals surface area contributed by atoms with Gasteiger partial charge in [-0.05, 0) is 94.2 Å². The van der Waals surface area contributed by atoms with Gasteiger partial charge in [0.1, 0.15) is 55.4 Å². The Hall–Kier alpha value is -8.89. The number of carboxylic acid groups (broad SMARTS) is 1. The van der Waals surface area contributed by atoms with Gasteiger partial charge in [0, 0.05) is 69.1 Å². The highest BCUT2D eigenvalue weighted by atomic mass is 16.7. The van der Waals surface area contributed by atoms with Crippen molar-refractivity contribution in [2.24, 2.45) is 5.92 Å². The number of rotatable bonds is 50.